The van der Waals surface area contributed by atoms with Crippen molar-refractivity contribution in [3.05, 3.63) is 64.5 Å². The lowest BCUT2D eigenvalue weighted by Crippen LogP contribution is -2.38. The van der Waals surface area contributed by atoms with Crippen LogP contribution in [0.15, 0.2) is 58.3 Å². The summed E-state index contributed by atoms with van der Waals surface area (Å²) in [6.45, 7) is 1.48. The third-order valence-electron chi connectivity index (χ3n) is 4.22. The summed E-state index contributed by atoms with van der Waals surface area (Å²) >= 11 is 3.52. The van der Waals surface area contributed by atoms with E-state index in [0.29, 0.717) is 6.54 Å². The SMILES string of the molecule is CN=C(NCc1ccnc2ccccc12)N(C)Cc1cc(Br)cn1C.I. The molecule has 3 rings (SSSR count). The Morgan fingerprint density at radius 3 is 2.77 bits per heavy atom. The van der Waals surface area contributed by atoms with Gasteiger partial charge in [0.15, 0.2) is 5.96 Å². The van der Waals surface area contributed by atoms with Crippen molar-refractivity contribution >= 4 is 56.8 Å². The lowest BCUT2D eigenvalue weighted by molar-refractivity contribution is 0.462. The Labute approximate surface area is 179 Å². The largest absolute Gasteiger partial charge is 0.352 e. The molecule has 0 aliphatic rings. The fourth-order valence-electron chi connectivity index (χ4n) is 2.91. The number of hydrogen-bond acceptors (Lipinski definition) is 2. The number of nitrogens with one attached hydrogen (secondary N) is 1. The zero-order valence-corrected chi connectivity index (χ0v) is 19.0. The van der Waals surface area contributed by atoms with Gasteiger partial charge in [-0.3, -0.25) is 9.98 Å². The maximum atomic E-state index is 4.42. The third kappa shape index (κ3) is 4.76. The zero-order valence-electron chi connectivity index (χ0n) is 15.1. The number of rotatable bonds is 4. The first-order chi connectivity index (χ1) is 12.1. The number of nitrogens with zero attached hydrogens (tertiary/aromatic N) is 4. The van der Waals surface area contributed by atoms with Crippen molar-refractivity contribution in [1.82, 2.24) is 19.8 Å². The molecule has 7 heteroatoms. The molecule has 0 amide bonds. The molecular weight excluding hydrogens is 505 g/mol. The number of aryl methyl sites for hydroxylation is 1. The highest BCUT2D eigenvalue weighted by molar-refractivity contribution is 14.0. The molecule has 2 heterocycles. The van der Waals surface area contributed by atoms with Gasteiger partial charge < -0.3 is 14.8 Å². The van der Waals surface area contributed by atoms with Gasteiger partial charge in [0.1, 0.15) is 0 Å². The quantitative estimate of drug-likeness (QED) is 0.315. The molecule has 2 aromatic heterocycles. The third-order valence-corrected chi connectivity index (χ3v) is 4.66. The number of hydrogen-bond donors (Lipinski definition) is 1. The molecule has 5 nitrogen and oxygen atoms in total. The van der Waals surface area contributed by atoms with Crippen molar-refractivity contribution in [2.75, 3.05) is 14.1 Å². The lowest BCUT2D eigenvalue weighted by Gasteiger charge is -2.22. The molecule has 0 aliphatic heterocycles. The smallest absolute Gasteiger partial charge is 0.194 e. The molecule has 26 heavy (non-hydrogen) atoms. The number of aliphatic imine (C=N–C) groups is 1. The maximum absolute atomic E-state index is 4.42. The van der Waals surface area contributed by atoms with E-state index in [-0.39, 0.29) is 24.0 Å². The van der Waals surface area contributed by atoms with Crippen molar-refractivity contribution in [3.63, 3.8) is 0 Å². The summed E-state index contributed by atoms with van der Waals surface area (Å²) in [5.74, 6) is 0.859. The van der Waals surface area contributed by atoms with E-state index in [2.05, 4.69) is 65.1 Å². The average molecular weight is 528 g/mol. The molecule has 1 N–H and O–H groups in total. The number of guanidine groups is 1. The minimum absolute atomic E-state index is 0. The van der Waals surface area contributed by atoms with Gasteiger partial charge in [0, 0.05) is 55.6 Å². The highest BCUT2D eigenvalue weighted by Gasteiger charge is 2.10. The first-order valence-corrected chi connectivity index (χ1v) is 8.93. The van der Waals surface area contributed by atoms with Crippen LogP contribution in [0.2, 0.25) is 0 Å². The van der Waals surface area contributed by atoms with Gasteiger partial charge in [-0.25, -0.2) is 0 Å². The van der Waals surface area contributed by atoms with E-state index in [9.17, 15) is 0 Å². The van der Waals surface area contributed by atoms with E-state index in [1.54, 1.807) is 0 Å². The second-order valence-electron chi connectivity index (χ2n) is 6.00. The first kappa shape index (κ1) is 20.7. The van der Waals surface area contributed by atoms with Gasteiger partial charge in [-0.2, -0.15) is 0 Å². The Bertz CT molecular complexity index is 901. The fourth-order valence-corrected chi connectivity index (χ4v) is 3.48. The molecule has 0 spiro atoms. The minimum atomic E-state index is 0. The molecule has 3 aromatic rings. The van der Waals surface area contributed by atoms with Crippen LogP contribution in [-0.2, 0) is 20.1 Å². The van der Waals surface area contributed by atoms with Gasteiger partial charge in [0.25, 0.3) is 0 Å². The van der Waals surface area contributed by atoms with Crippen molar-refractivity contribution in [2.24, 2.45) is 12.0 Å². The van der Waals surface area contributed by atoms with Crippen molar-refractivity contribution in [1.29, 1.82) is 0 Å². The van der Waals surface area contributed by atoms with Gasteiger partial charge in [0.2, 0.25) is 0 Å². The Morgan fingerprint density at radius 2 is 2.08 bits per heavy atom. The maximum Gasteiger partial charge on any atom is 0.194 e. The van der Waals surface area contributed by atoms with Crippen molar-refractivity contribution in [2.45, 2.75) is 13.1 Å². The number of aromatic nitrogens is 2. The molecule has 138 valence electrons. The van der Waals surface area contributed by atoms with Gasteiger partial charge >= 0.3 is 0 Å². The van der Waals surface area contributed by atoms with Crippen molar-refractivity contribution in [3.8, 4) is 0 Å². The summed E-state index contributed by atoms with van der Waals surface area (Å²) in [5, 5.41) is 4.62. The second-order valence-corrected chi connectivity index (χ2v) is 6.92. The van der Waals surface area contributed by atoms with Gasteiger partial charge in [-0.05, 0) is 39.7 Å². The summed E-state index contributed by atoms with van der Waals surface area (Å²) < 4.78 is 3.20. The van der Waals surface area contributed by atoms with Crippen LogP contribution in [0.1, 0.15) is 11.3 Å². The summed E-state index contributed by atoms with van der Waals surface area (Å²) in [6.07, 6.45) is 3.91. The number of para-hydroxylation sites is 1. The highest BCUT2D eigenvalue weighted by Crippen LogP contribution is 2.17. The minimum Gasteiger partial charge on any atom is -0.352 e. The molecule has 0 unspecified atom stereocenters. The van der Waals surface area contributed by atoms with Gasteiger partial charge in [0.05, 0.1) is 12.1 Å². The standard InChI is InChI=1S/C19H22BrN5.HI/c1-21-19(25(3)13-16-10-15(20)12-24(16)2)23-11-14-8-9-22-18-7-5-4-6-17(14)18;/h4-10,12H,11,13H2,1-3H3,(H,21,23);1H. The normalized spacial score (nSPS) is 11.3. The molecule has 0 bridgehead atoms. The number of halogens is 2. The zero-order chi connectivity index (χ0) is 17.8. The number of benzene rings is 1. The van der Waals surface area contributed by atoms with Crippen LogP contribution < -0.4 is 5.32 Å². The summed E-state index contributed by atoms with van der Waals surface area (Å²) in [5.41, 5.74) is 3.44. The van der Waals surface area contributed by atoms with E-state index in [4.69, 9.17) is 0 Å². The van der Waals surface area contributed by atoms with E-state index in [1.165, 1.54) is 16.6 Å². The molecular formula is C19H23BrIN5. The molecule has 0 radical (unpaired) electrons. The highest BCUT2D eigenvalue weighted by atomic mass is 127. The Morgan fingerprint density at radius 1 is 1.31 bits per heavy atom. The van der Waals surface area contributed by atoms with E-state index in [1.807, 2.05) is 45.5 Å². The number of fused-ring (bicyclic) bond motifs is 1. The average Bonchev–Trinajstić information content (AvgIpc) is 2.92. The Hall–Kier alpha value is -1.61. The van der Waals surface area contributed by atoms with Crippen LogP contribution in [0.4, 0.5) is 0 Å². The van der Waals surface area contributed by atoms with Crippen LogP contribution in [0.5, 0.6) is 0 Å². The molecule has 0 atom stereocenters. The Balaban J connectivity index is 0.00000243. The van der Waals surface area contributed by atoms with Gasteiger partial charge in [-0.1, -0.05) is 18.2 Å². The first-order valence-electron chi connectivity index (χ1n) is 8.13. The summed E-state index contributed by atoms with van der Waals surface area (Å²) in [4.78, 5) is 10.9. The second kappa shape index (κ2) is 9.36. The van der Waals surface area contributed by atoms with Gasteiger partial charge in [-0.15, -0.1) is 24.0 Å². The molecule has 0 saturated carbocycles. The predicted octanol–water partition coefficient (Wildman–Crippen LogP) is 4.16. The van der Waals surface area contributed by atoms with Crippen LogP contribution >= 0.6 is 39.9 Å². The van der Waals surface area contributed by atoms with E-state index < -0.39 is 0 Å². The molecule has 0 saturated heterocycles. The monoisotopic (exact) mass is 527 g/mol. The number of pyridine rings is 1. The molecule has 1 aromatic carbocycles. The summed E-state index contributed by atoms with van der Waals surface area (Å²) in [7, 11) is 5.90. The van der Waals surface area contributed by atoms with Crippen LogP contribution in [0.3, 0.4) is 0 Å². The topological polar surface area (TPSA) is 45.5 Å². The van der Waals surface area contributed by atoms with Crippen LogP contribution in [-0.4, -0.2) is 34.5 Å². The van der Waals surface area contributed by atoms with E-state index in [0.717, 1.165) is 22.5 Å². The van der Waals surface area contributed by atoms with E-state index >= 15 is 0 Å². The lowest BCUT2D eigenvalue weighted by atomic mass is 10.1. The fraction of sp³-hybridized carbons (Fsp3) is 0.263. The predicted molar refractivity (Wildman–Crippen MR) is 122 cm³/mol. The molecule has 0 aliphatic carbocycles. The molecule has 0 fully saturated rings. The summed E-state index contributed by atoms with van der Waals surface area (Å²) in [6, 6.07) is 12.4. The van der Waals surface area contributed by atoms with Crippen LogP contribution in [0, 0.1) is 0 Å². The van der Waals surface area contributed by atoms with Crippen molar-refractivity contribution < 1.29 is 0 Å². The van der Waals surface area contributed by atoms with Crippen LogP contribution in [0.25, 0.3) is 10.9 Å². The Kier molecular flexibility index (Phi) is 7.45.